The first-order valence-corrected chi connectivity index (χ1v) is 7.12. The van der Waals surface area contributed by atoms with Crippen LogP contribution in [0.2, 0.25) is 0 Å². The Kier molecular flexibility index (Phi) is 2.66. The van der Waals surface area contributed by atoms with Gasteiger partial charge in [-0.3, -0.25) is 9.36 Å². The molecular formula is C11H13IN2O3. The maximum atomic E-state index is 11.2. The van der Waals surface area contributed by atoms with Gasteiger partial charge in [0.2, 0.25) is 0 Å². The summed E-state index contributed by atoms with van der Waals surface area (Å²) in [5, 5.41) is 0. The van der Waals surface area contributed by atoms with Crippen LogP contribution in [0.25, 0.3) is 0 Å². The van der Waals surface area contributed by atoms with E-state index in [2.05, 4.69) is 34.5 Å². The second-order valence-electron chi connectivity index (χ2n) is 4.75. The SMILES string of the molecule is C[C@H]1C[C@@]2(CI)COc3nc(=O)ccn3[C@@H]1O2. The van der Waals surface area contributed by atoms with Gasteiger partial charge in [0.25, 0.3) is 5.56 Å². The lowest BCUT2D eigenvalue weighted by Crippen LogP contribution is -2.36. The summed E-state index contributed by atoms with van der Waals surface area (Å²) in [6, 6.07) is 1.82. The summed E-state index contributed by atoms with van der Waals surface area (Å²) in [5.41, 5.74) is -0.508. The monoisotopic (exact) mass is 348 g/mol. The average molecular weight is 348 g/mol. The summed E-state index contributed by atoms with van der Waals surface area (Å²) < 4.78 is 14.5. The predicted octanol–water partition coefficient (Wildman–Crippen LogP) is 1.36. The minimum atomic E-state index is -0.273. The molecule has 3 atom stereocenters. The van der Waals surface area contributed by atoms with Gasteiger partial charge in [-0.25, -0.2) is 0 Å². The molecule has 0 spiro atoms. The van der Waals surface area contributed by atoms with Crippen LogP contribution in [0, 0.1) is 5.92 Å². The molecule has 0 amide bonds. The third kappa shape index (κ3) is 1.77. The van der Waals surface area contributed by atoms with Gasteiger partial charge in [0, 0.05) is 22.6 Å². The Labute approximate surface area is 112 Å². The number of hydrogen-bond donors (Lipinski definition) is 0. The molecule has 1 saturated heterocycles. The first-order valence-electron chi connectivity index (χ1n) is 5.59. The van der Waals surface area contributed by atoms with E-state index in [0.29, 0.717) is 18.5 Å². The van der Waals surface area contributed by atoms with E-state index in [-0.39, 0.29) is 17.4 Å². The van der Waals surface area contributed by atoms with Crippen LogP contribution in [0.4, 0.5) is 0 Å². The molecule has 0 radical (unpaired) electrons. The zero-order chi connectivity index (χ0) is 12.0. The van der Waals surface area contributed by atoms with Crippen LogP contribution in [0.5, 0.6) is 6.01 Å². The quantitative estimate of drug-likeness (QED) is 0.568. The Morgan fingerprint density at radius 2 is 2.53 bits per heavy atom. The molecule has 2 aliphatic heterocycles. The van der Waals surface area contributed by atoms with Gasteiger partial charge in [-0.1, -0.05) is 29.5 Å². The number of ether oxygens (including phenoxy) is 2. The van der Waals surface area contributed by atoms with Crippen molar-refractivity contribution in [1.82, 2.24) is 9.55 Å². The standard InChI is InChI=1S/C11H13IN2O3/c1-7-4-11(5-12)6-16-10-13-8(15)2-3-14(10)9(7)17-11/h2-3,7,9H,4-6H2,1H3/t7-,9+,11+/m0/s1. The molecule has 3 heterocycles. The summed E-state index contributed by atoms with van der Waals surface area (Å²) in [5.74, 6) is 0.400. The average Bonchev–Trinajstić information content (AvgIpc) is 2.55. The molecule has 1 fully saturated rings. The Hall–Kier alpha value is -0.630. The molecule has 2 bridgehead atoms. The molecule has 0 unspecified atom stereocenters. The van der Waals surface area contributed by atoms with Crippen molar-refractivity contribution in [2.24, 2.45) is 5.92 Å². The molecule has 5 nitrogen and oxygen atoms in total. The van der Waals surface area contributed by atoms with Crippen LogP contribution in [-0.2, 0) is 4.74 Å². The van der Waals surface area contributed by atoms with E-state index in [1.54, 1.807) is 6.20 Å². The van der Waals surface area contributed by atoms with Crippen LogP contribution >= 0.6 is 22.6 Å². The maximum absolute atomic E-state index is 11.2. The van der Waals surface area contributed by atoms with E-state index in [4.69, 9.17) is 9.47 Å². The Morgan fingerprint density at radius 1 is 1.71 bits per heavy atom. The lowest BCUT2D eigenvalue weighted by atomic mass is 9.96. The molecule has 2 aliphatic rings. The highest BCUT2D eigenvalue weighted by Crippen LogP contribution is 2.45. The van der Waals surface area contributed by atoms with Crippen LogP contribution in [0.15, 0.2) is 17.1 Å². The summed E-state index contributed by atoms with van der Waals surface area (Å²) in [7, 11) is 0. The Balaban J connectivity index is 2.08. The van der Waals surface area contributed by atoms with Crippen molar-refractivity contribution in [1.29, 1.82) is 0 Å². The normalized spacial score (nSPS) is 34.9. The van der Waals surface area contributed by atoms with Crippen molar-refractivity contribution in [2.75, 3.05) is 11.0 Å². The molecule has 0 N–H and O–H groups in total. The number of nitrogens with zero attached hydrogens (tertiary/aromatic N) is 2. The molecule has 1 aromatic rings. The minimum Gasteiger partial charge on any atom is -0.461 e. The zero-order valence-corrected chi connectivity index (χ0v) is 11.6. The van der Waals surface area contributed by atoms with E-state index < -0.39 is 0 Å². The smallest absolute Gasteiger partial charge is 0.301 e. The van der Waals surface area contributed by atoms with Gasteiger partial charge in [0.05, 0.1) is 0 Å². The third-order valence-corrected chi connectivity index (χ3v) is 4.73. The lowest BCUT2D eigenvalue weighted by molar-refractivity contribution is -0.0629. The fraction of sp³-hybridized carbons (Fsp3) is 0.636. The van der Waals surface area contributed by atoms with Gasteiger partial charge < -0.3 is 9.47 Å². The minimum absolute atomic E-state index is 0.0737. The van der Waals surface area contributed by atoms with Crippen molar-refractivity contribution < 1.29 is 9.47 Å². The van der Waals surface area contributed by atoms with E-state index in [0.717, 1.165) is 10.8 Å². The lowest BCUT2D eigenvalue weighted by Gasteiger charge is -2.23. The maximum Gasteiger partial charge on any atom is 0.301 e. The number of alkyl halides is 1. The van der Waals surface area contributed by atoms with Crippen LogP contribution in [0.1, 0.15) is 19.6 Å². The van der Waals surface area contributed by atoms with Crippen molar-refractivity contribution in [3.63, 3.8) is 0 Å². The summed E-state index contributed by atoms with van der Waals surface area (Å²) in [4.78, 5) is 15.1. The zero-order valence-electron chi connectivity index (χ0n) is 9.43. The highest BCUT2D eigenvalue weighted by atomic mass is 127. The van der Waals surface area contributed by atoms with E-state index in [1.807, 2.05) is 4.57 Å². The molecule has 0 saturated carbocycles. The van der Waals surface area contributed by atoms with E-state index in [1.165, 1.54) is 6.07 Å². The predicted molar refractivity (Wildman–Crippen MR) is 69.5 cm³/mol. The second-order valence-corrected chi connectivity index (χ2v) is 5.51. The van der Waals surface area contributed by atoms with E-state index >= 15 is 0 Å². The fourth-order valence-corrected chi connectivity index (χ4v) is 3.26. The number of aromatic nitrogens is 2. The van der Waals surface area contributed by atoms with Crippen molar-refractivity contribution in [3.8, 4) is 6.01 Å². The topological polar surface area (TPSA) is 53.3 Å². The van der Waals surface area contributed by atoms with Gasteiger partial charge in [-0.05, 0) is 6.42 Å². The largest absolute Gasteiger partial charge is 0.461 e. The van der Waals surface area contributed by atoms with Gasteiger partial charge in [0.1, 0.15) is 18.4 Å². The van der Waals surface area contributed by atoms with Gasteiger partial charge in [-0.15, -0.1) is 0 Å². The third-order valence-electron chi connectivity index (χ3n) is 3.34. The van der Waals surface area contributed by atoms with Gasteiger partial charge >= 0.3 is 6.01 Å². The molecule has 0 aromatic carbocycles. The summed E-state index contributed by atoms with van der Waals surface area (Å²) >= 11 is 2.32. The number of hydrogen-bond acceptors (Lipinski definition) is 4. The number of fused-ring (bicyclic) bond motifs is 4. The highest BCUT2D eigenvalue weighted by Gasteiger charge is 2.48. The Morgan fingerprint density at radius 3 is 3.29 bits per heavy atom. The van der Waals surface area contributed by atoms with Crippen LogP contribution < -0.4 is 10.3 Å². The van der Waals surface area contributed by atoms with Crippen LogP contribution in [-0.4, -0.2) is 26.2 Å². The van der Waals surface area contributed by atoms with Crippen molar-refractivity contribution in [2.45, 2.75) is 25.2 Å². The molecule has 0 aliphatic carbocycles. The fourth-order valence-electron chi connectivity index (χ4n) is 2.55. The molecule has 17 heavy (non-hydrogen) atoms. The highest BCUT2D eigenvalue weighted by molar-refractivity contribution is 14.1. The first-order chi connectivity index (χ1) is 8.13. The summed E-state index contributed by atoms with van der Waals surface area (Å²) in [6.07, 6.45) is 2.61. The molecule has 3 rings (SSSR count). The molecular weight excluding hydrogens is 335 g/mol. The van der Waals surface area contributed by atoms with E-state index in [9.17, 15) is 4.79 Å². The van der Waals surface area contributed by atoms with Crippen molar-refractivity contribution >= 4 is 22.6 Å². The number of halogens is 1. The van der Waals surface area contributed by atoms with Crippen LogP contribution in [0.3, 0.4) is 0 Å². The number of rotatable bonds is 1. The van der Waals surface area contributed by atoms with Gasteiger partial charge in [0.15, 0.2) is 0 Å². The molecule has 6 heteroatoms. The van der Waals surface area contributed by atoms with Crippen molar-refractivity contribution in [3.05, 3.63) is 22.6 Å². The first kappa shape index (κ1) is 11.5. The molecule has 1 aromatic heterocycles. The Bertz CT molecular complexity index is 504. The van der Waals surface area contributed by atoms with Gasteiger partial charge in [-0.2, -0.15) is 4.98 Å². The molecule has 92 valence electrons. The summed E-state index contributed by atoms with van der Waals surface area (Å²) in [6.45, 7) is 2.62. The second kappa shape index (κ2) is 3.94.